The zero-order valence-electron chi connectivity index (χ0n) is 16.0. The maximum Gasteiger partial charge on any atom is 0.303 e. The van der Waals surface area contributed by atoms with E-state index in [0.29, 0.717) is 25.2 Å². The summed E-state index contributed by atoms with van der Waals surface area (Å²) in [5, 5.41) is 29.1. The molecule has 2 aliphatic rings. The van der Waals surface area contributed by atoms with Crippen molar-refractivity contribution in [2.24, 2.45) is 11.8 Å². The Balaban J connectivity index is 1.78. The van der Waals surface area contributed by atoms with Crippen LogP contribution in [0.4, 0.5) is 0 Å². The largest absolute Gasteiger partial charge is 0.481 e. The van der Waals surface area contributed by atoms with Crippen molar-refractivity contribution < 1.29 is 24.9 Å². The number of aliphatic hydroxyl groups excluding tert-OH is 2. The smallest absolute Gasteiger partial charge is 0.303 e. The summed E-state index contributed by atoms with van der Waals surface area (Å²) in [5.74, 6) is -0.400. The lowest BCUT2D eigenvalue weighted by molar-refractivity contribution is -0.137. The van der Waals surface area contributed by atoms with Crippen LogP contribution in [0.2, 0.25) is 0 Å². The minimum atomic E-state index is -0.745. The minimum Gasteiger partial charge on any atom is -0.481 e. The van der Waals surface area contributed by atoms with E-state index in [4.69, 9.17) is 9.84 Å². The molecule has 0 bridgehead atoms. The first-order valence-corrected chi connectivity index (χ1v) is 9.92. The summed E-state index contributed by atoms with van der Waals surface area (Å²) in [7, 11) is 0. The predicted molar refractivity (Wildman–Crippen MR) is 101 cm³/mol. The number of ether oxygens (including phenoxy) is 1. The van der Waals surface area contributed by atoms with Crippen molar-refractivity contribution in [1.82, 2.24) is 0 Å². The average molecular weight is 366 g/mol. The van der Waals surface area contributed by atoms with Gasteiger partial charge in [-0.15, -0.1) is 0 Å². The van der Waals surface area contributed by atoms with E-state index in [1.54, 1.807) is 0 Å². The van der Waals surface area contributed by atoms with Crippen molar-refractivity contribution in [1.29, 1.82) is 0 Å². The third-order valence-corrected chi connectivity index (χ3v) is 5.53. The highest BCUT2D eigenvalue weighted by atomic mass is 16.5. The number of carboxylic acid groups (broad SMARTS) is 1. The molecule has 1 aliphatic heterocycles. The van der Waals surface area contributed by atoms with Gasteiger partial charge in [-0.05, 0) is 51.9 Å². The van der Waals surface area contributed by atoms with Gasteiger partial charge in [-0.25, -0.2) is 0 Å². The van der Waals surface area contributed by atoms with Gasteiger partial charge in [-0.2, -0.15) is 0 Å². The van der Waals surface area contributed by atoms with Crippen LogP contribution in [0.5, 0.6) is 0 Å². The highest BCUT2D eigenvalue weighted by Gasteiger charge is 2.47. The number of aliphatic carboxylic acids is 1. The maximum absolute atomic E-state index is 10.6. The van der Waals surface area contributed by atoms with Gasteiger partial charge in [0.25, 0.3) is 0 Å². The molecular formula is C21H34O5. The van der Waals surface area contributed by atoms with Gasteiger partial charge in [0, 0.05) is 18.8 Å². The molecular weight excluding hydrogens is 332 g/mol. The summed E-state index contributed by atoms with van der Waals surface area (Å²) in [4.78, 5) is 10.6. The van der Waals surface area contributed by atoms with Gasteiger partial charge in [0.1, 0.15) is 0 Å². The highest BCUT2D eigenvalue weighted by molar-refractivity contribution is 5.66. The van der Waals surface area contributed by atoms with Gasteiger partial charge in [0.15, 0.2) is 0 Å². The molecule has 0 unspecified atom stereocenters. The summed E-state index contributed by atoms with van der Waals surface area (Å²) in [6.45, 7) is 4.10. The van der Waals surface area contributed by atoms with Crippen molar-refractivity contribution in [2.45, 2.75) is 89.6 Å². The molecule has 3 N–H and O–H groups in total. The number of unbranched alkanes of at least 4 members (excludes halogenated alkanes) is 1. The fraction of sp³-hybridized carbons (Fsp3) is 0.762. The van der Waals surface area contributed by atoms with Crippen molar-refractivity contribution in [2.75, 3.05) is 0 Å². The highest BCUT2D eigenvalue weighted by Crippen LogP contribution is 2.45. The SMILES string of the molecule is CC(C)=CCC[C@H](O)C=C[C@@H]1[C@H]2C[C@H](CCCCC(=O)O)O[C@H]2C[C@H]1O. The fourth-order valence-corrected chi connectivity index (χ4v) is 4.18. The van der Waals surface area contributed by atoms with E-state index in [1.807, 2.05) is 12.2 Å². The van der Waals surface area contributed by atoms with E-state index in [0.717, 1.165) is 25.7 Å². The number of allylic oxidation sites excluding steroid dienone is 2. The molecule has 0 spiro atoms. The molecule has 5 heteroatoms. The van der Waals surface area contributed by atoms with Crippen LogP contribution >= 0.6 is 0 Å². The molecule has 148 valence electrons. The first-order chi connectivity index (χ1) is 12.4. The van der Waals surface area contributed by atoms with Gasteiger partial charge in [-0.3, -0.25) is 4.79 Å². The topological polar surface area (TPSA) is 87.0 Å². The van der Waals surface area contributed by atoms with Crippen LogP contribution in [0.15, 0.2) is 23.8 Å². The van der Waals surface area contributed by atoms with Gasteiger partial charge < -0.3 is 20.1 Å². The lowest BCUT2D eigenvalue weighted by Crippen LogP contribution is -2.19. The number of hydrogen-bond acceptors (Lipinski definition) is 4. The van der Waals surface area contributed by atoms with Crippen LogP contribution < -0.4 is 0 Å². The molecule has 5 nitrogen and oxygen atoms in total. The summed E-state index contributed by atoms with van der Waals surface area (Å²) < 4.78 is 6.08. The Morgan fingerprint density at radius 1 is 1.27 bits per heavy atom. The van der Waals surface area contributed by atoms with Crippen molar-refractivity contribution in [3.05, 3.63) is 23.8 Å². The number of rotatable bonds is 10. The first-order valence-electron chi connectivity index (χ1n) is 9.92. The number of hydrogen-bond donors (Lipinski definition) is 3. The Labute approximate surface area is 156 Å². The van der Waals surface area contributed by atoms with Crippen molar-refractivity contribution in [3.8, 4) is 0 Å². The summed E-state index contributed by atoms with van der Waals surface area (Å²) >= 11 is 0. The molecule has 0 aromatic rings. The van der Waals surface area contributed by atoms with Gasteiger partial charge in [-0.1, -0.05) is 30.2 Å². The van der Waals surface area contributed by atoms with Crippen LogP contribution in [-0.4, -0.2) is 45.7 Å². The molecule has 2 rings (SSSR count). The van der Waals surface area contributed by atoms with Crippen LogP contribution in [0.3, 0.4) is 0 Å². The zero-order valence-corrected chi connectivity index (χ0v) is 16.0. The molecule has 0 aromatic heterocycles. The Bertz CT molecular complexity index is 509. The first kappa shape index (κ1) is 21.1. The number of carboxylic acids is 1. The van der Waals surface area contributed by atoms with Crippen molar-refractivity contribution >= 4 is 5.97 Å². The van der Waals surface area contributed by atoms with E-state index in [-0.39, 0.29) is 24.5 Å². The van der Waals surface area contributed by atoms with Gasteiger partial charge in [0.05, 0.1) is 24.4 Å². The summed E-state index contributed by atoms with van der Waals surface area (Å²) in [6.07, 6.45) is 11.1. The van der Waals surface area contributed by atoms with E-state index < -0.39 is 18.2 Å². The quantitative estimate of drug-likeness (QED) is 0.407. The van der Waals surface area contributed by atoms with Crippen LogP contribution in [0.25, 0.3) is 0 Å². The minimum absolute atomic E-state index is 0.0436. The number of aliphatic hydroxyl groups is 2. The summed E-state index contributed by atoms with van der Waals surface area (Å²) in [6, 6.07) is 0. The van der Waals surface area contributed by atoms with E-state index in [1.165, 1.54) is 5.57 Å². The van der Waals surface area contributed by atoms with Crippen LogP contribution in [-0.2, 0) is 9.53 Å². The van der Waals surface area contributed by atoms with Crippen LogP contribution in [0.1, 0.15) is 65.2 Å². The molecule has 2 fully saturated rings. The lowest BCUT2D eigenvalue weighted by atomic mass is 9.89. The van der Waals surface area contributed by atoms with Crippen molar-refractivity contribution in [3.63, 3.8) is 0 Å². The Kier molecular flexibility index (Phi) is 8.32. The standard InChI is InChI=1S/C21H34O5/c1-14(2)6-5-7-15(22)10-11-17-18-12-16(8-3-4-9-21(24)25)26-20(18)13-19(17)23/h6,10-11,15-20,22-23H,3-5,7-9,12-13H2,1-2H3,(H,24,25)/t15-,16-,17+,18+,19+,20-/m0/s1. The molecule has 1 heterocycles. The Morgan fingerprint density at radius 3 is 2.73 bits per heavy atom. The molecule has 0 aromatic carbocycles. The lowest BCUT2D eigenvalue weighted by Gasteiger charge is -2.18. The molecule has 6 atom stereocenters. The molecule has 1 aliphatic carbocycles. The second-order valence-corrected chi connectivity index (χ2v) is 8.03. The average Bonchev–Trinajstić information content (AvgIpc) is 3.05. The third kappa shape index (κ3) is 6.53. The second-order valence-electron chi connectivity index (χ2n) is 8.03. The molecule has 0 amide bonds. The molecule has 1 saturated heterocycles. The third-order valence-electron chi connectivity index (χ3n) is 5.53. The second kappa shape index (κ2) is 10.2. The molecule has 26 heavy (non-hydrogen) atoms. The maximum atomic E-state index is 10.6. The zero-order chi connectivity index (χ0) is 19.1. The number of fused-ring (bicyclic) bond motifs is 1. The molecule has 0 radical (unpaired) electrons. The monoisotopic (exact) mass is 366 g/mol. The Hall–Kier alpha value is -1.17. The van der Waals surface area contributed by atoms with E-state index in [9.17, 15) is 15.0 Å². The number of carbonyl (C=O) groups is 1. The van der Waals surface area contributed by atoms with Gasteiger partial charge >= 0.3 is 5.97 Å². The van der Waals surface area contributed by atoms with E-state index in [2.05, 4.69) is 19.9 Å². The normalized spacial score (nSPS) is 31.9. The Morgan fingerprint density at radius 2 is 2.04 bits per heavy atom. The predicted octanol–water partition coefficient (Wildman–Crippen LogP) is 3.45. The van der Waals surface area contributed by atoms with Gasteiger partial charge in [0.2, 0.25) is 0 Å². The fourth-order valence-electron chi connectivity index (χ4n) is 4.18. The van der Waals surface area contributed by atoms with E-state index >= 15 is 0 Å². The molecule has 1 saturated carbocycles. The van der Waals surface area contributed by atoms with Crippen LogP contribution in [0, 0.1) is 11.8 Å². The summed E-state index contributed by atoms with van der Waals surface area (Å²) in [5.41, 5.74) is 1.26.